The Bertz CT molecular complexity index is 571. The molecule has 2 N–H and O–H groups in total. The first kappa shape index (κ1) is 13.8. The van der Waals surface area contributed by atoms with Crippen LogP contribution in [0.15, 0.2) is 24.3 Å². The highest BCUT2D eigenvalue weighted by molar-refractivity contribution is 7.91. The summed E-state index contributed by atoms with van der Waals surface area (Å²) in [6, 6.07) is 6.60. The lowest BCUT2D eigenvalue weighted by Crippen LogP contribution is -2.44. The normalized spacial score (nSPS) is 21.0. The summed E-state index contributed by atoms with van der Waals surface area (Å²) < 4.78 is 27.7. The average Bonchev–Trinajstić information content (AvgIpc) is 2.75. The molecule has 1 aliphatic heterocycles. The van der Waals surface area contributed by atoms with Crippen molar-refractivity contribution in [2.45, 2.75) is 12.5 Å². The molecular weight excluding hydrogens is 268 g/mol. The molecule has 0 aliphatic carbocycles. The summed E-state index contributed by atoms with van der Waals surface area (Å²) in [7, 11) is -1.47. The van der Waals surface area contributed by atoms with Crippen molar-refractivity contribution in [2.24, 2.45) is 0 Å². The van der Waals surface area contributed by atoms with Crippen LogP contribution in [0.25, 0.3) is 0 Å². The van der Waals surface area contributed by atoms with Crippen LogP contribution in [-0.2, 0) is 9.84 Å². The molecule has 1 amide bonds. The van der Waals surface area contributed by atoms with Gasteiger partial charge in [0.05, 0.1) is 24.2 Å². The molecule has 1 aromatic rings. The van der Waals surface area contributed by atoms with Gasteiger partial charge in [0.2, 0.25) is 0 Å². The van der Waals surface area contributed by atoms with Crippen molar-refractivity contribution in [1.29, 1.82) is 0 Å². The van der Waals surface area contributed by atoms with Crippen molar-refractivity contribution >= 4 is 15.7 Å². The predicted molar refractivity (Wildman–Crippen MR) is 70.7 cm³/mol. The number of para-hydroxylation sites is 1. The lowest BCUT2D eigenvalue weighted by molar-refractivity contribution is 0.0923. The second-order valence-corrected chi connectivity index (χ2v) is 6.63. The summed E-state index contributed by atoms with van der Waals surface area (Å²) in [5, 5.41) is 0. The highest BCUT2D eigenvalue weighted by Crippen LogP contribution is 2.17. The molecule has 1 saturated heterocycles. The summed E-state index contributed by atoms with van der Waals surface area (Å²) in [5.74, 6) is 0.344. The summed E-state index contributed by atoms with van der Waals surface area (Å²) in [6.07, 6.45) is 0.508. The maximum Gasteiger partial charge on any atom is 0.269 e. The van der Waals surface area contributed by atoms with Crippen LogP contribution < -0.4 is 15.6 Å². The largest absolute Gasteiger partial charge is 0.496 e. The first-order valence-electron chi connectivity index (χ1n) is 5.91. The summed E-state index contributed by atoms with van der Waals surface area (Å²) in [6.45, 7) is 0. The number of benzene rings is 1. The molecule has 7 heteroatoms. The molecule has 0 spiro atoms. The minimum Gasteiger partial charge on any atom is -0.496 e. The van der Waals surface area contributed by atoms with Crippen LogP contribution in [0.2, 0.25) is 0 Å². The fraction of sp³-hybridized carbons (Fsp3) is 0.417. The molecular formula is C12H16N2O4S. The molecule has 2 rings (SSSR count). The van der Waals surface area contributed by atoms with Gasteiger partial charge in [-0.05, 0) is 18.6 Å². The Kier molecular flexibility index (Phi) is 4.06. The number of ether oxygens (including phenoxy) is 1. The van der Waals surface area contributed by atoms with E-state index in [0.717, 1.165) is 0 Å². The van der Waals surface area contributed by atoms with E-state index in [4.69, 9.17) is 4.74 Å². The minimum absolute atomic E-state index is 0.0548. The zero-order chi connectivity index (χ0) is 13.9. The lowest BCUT2D eigenvalue weighted by Gasteiger charge is -2.13. The van der Waals surface area contributed by atoms with Gasteiger partial charge in [0.1, 0.15) is 5.75 Å². The minimum atomic E-state index is -2.96. The molecule has 1 heterocycles. The van der Waals surface area contributed by atoms with Gasteiger partial charge in [-0.2, -0.15) is 0 Å². The molecule has 0 aromatic heterocycles. The third-order valence-electron chi connectivity index (χ3n) is 2.97. The number of hydrogen-bond acceptors (Lipinski definition) is 5. The molecule has 0 bridgehead atoms. The van der Waals surface area contributed by atoms with E-state index < -0.39 is 9.84 Å². The molecule has 0 saturated carbocycles. The summed E-state index contributed by atoms with van der Waals surface area (Å²) in [5.41, 5.74) is 5.67. The van der Waals surface area contributed by atoms with Crippen LogP contribution in [0.5, 0.6) is 5.75 Å². The molecule has 1 atom stereocenters. The van der Waals surface area contributed by atoms with Gasteiger partial charge >= 0.3 is 0 Å². The Morgan fingerprint density at radius 3 is 2.74 bits per heavy atom. The number of rotatable bonds is 4. The first-order chi connectivity index (χ1) is 9.02. The van der Waals surface area contributed by atoms with Gasteiger partial charge in [-0.3, -0.25) is 10.2 Å². The summed E-state index contributed by atoms with van der Waals surface area (Å²) >= 11 is 0. The fourth-order valence-electron chi connectivity index (χ4n) is 1.98. The van der Waals surface area contributed by atoms with E-state index in [2.05, 4.69) is 10.9 Å². The third kappa shape index (κ3) is 3.45. The topological polar surface area (TPSA) is 84.5 Å². The molecule has 1 unspecified atom stereocenters. The SMILES string of the molecule is COc1ccccc1C(=O)NNC1CCS(=O)(=O)C1. The van der Waals surface area contributed by atoms with Crippen LogP contribution >= 0.6 is 0 Å². The number of carbonyl (C=O) groups excluding carboxylic acids is 1. The molecule has 1 fully saturated rings. The standard InChI is InChI=1S/C12H16N2O4S/c1-18-11-5-3-2-4-10(11)12(15)14-13-9-6-7-19(16,17)8-9/h2-5,9,13H,6-8H2,1H3,(H,14,15). The number of amides is 1. The van der Waals surface area contributed by atoms with E-state index >= 15 is 0 Å². The molecule has 0 radical (unpaired) electrons. The van der Waals surface area contributed by atoms with Crippen LogP contribution in [0.4, 0.5) is 0 Å². The predicted octanol–water partition coefficient (Wildman–Crippen LogP) is 0.117. The van der Waals surface area contributed by atoms with Gasteiger partial charge in [-0.25, -0.2) is 13.8 Å². The maximum atomic E-state index is 11.9. The number of hydrogen-bond donors (Lipinski definition) is 2. The quantitative estimate of drug-likeness (QED) is 0.767. The van der Waals surface area contributed by atoms with Crippen LogP contribution in [0.1, 0.15) is 16.8 Å². The van der Waals surface area contributed by atoms with Gasteiger partial charge in [0, 0.05) is 6.04 Å². The van der Waals surface area contributed by atoms with Crippen molar-refractivity contribution in [3.05, 3.63) is 29.8 Å². The van der Waals surface area contributed by atoms with E-state index in [-0.39, 0.29) is 23.5 Å². The number of methoxy groups -OCH3 is 1. The number of nitrogens with one attached hydrogen (secondary N) is 2. The van der Waals surface area contributed by atoms with Crippen molar-refractivity contribution in [3.8, 4) is 5.75 Å². The summed E-state index contributed by atoms with van der Waals surface area (Å²) in [4.78, 5) is 11.9. The van der Waals surface area contributed by atoms with Gasteiger partial charge in [0.25, 0.3) is 5.91 Å². The van der Waals surface area contributed by atoms with Gasteiger partial charge < -0.3 is 4.74 Å². The Morgan fingerprint density at radius 1 is 1.37 bits per heavy atom. The van der Waals surface area contributed by atoms with Crippen molar-refractivity contribution in [2.75, 3.05) is 18.6 Å². The van der Waals surface area contributed by atoms with E-state index in [1.807, 2.05) is 0 Å². The van der Waals surface area contributed by atoms with Gasteiger partial charge in [-0.1, -0.05) is 12.1 Å². The Hall–Kier alpha value is -1.60. The highest BCUT2D eigenvalue weighted by atomic mass is 32.2. The van der Waals surface area contributed by atoms with E-state index in [0.29, 0.717) is 17.7 Å². The monoisotopic (exact) mass is 284 g/mol. The Labute approximate surface area is 112 Å². The van der Waals surface area contributed by atoms with Crippen molar-refractivity contribution < 1.29 is 17.9 Å². The molecule has 19 heavy (non-hydrogen) atoms. The van der Waals surface area contributed by atoms with Crippen molar-refractivity contribution in [3.63, 3.8) is 0 Å². The zero-order valence-electron chi connectivity index (χ0n) is 10.5. The fourth-order valence-corrected chi connectivity index (χ4v) is 3.65. The number of hydrazine groups is 1. The average molecular weight is 284 g/mol. The van der Waals surface area contributed by atoms with Gasteiger partial charge in [0.15, 0.2) is 9.84 Å². The number of carbonyl (C=O) groups is 1. The molecule has 1 aromatic carbocycles. The van der Waals surface area contributed by atoms with Crippen LogP contribution in [-0.4, -0.2) is 39.0 Å². The highest BCUT2D eigenvalue weighted by Gasteiger charge is 2.28. The smallest absolute Gasteiger partial charge is 0.269 e. The molecule has 6 nitrogen and oxygen atoms in total. The number of sulfone groups is 1. The maximum absolute atomic E-state index is 11.9. The van der Waals surface area contributed by atoms with Crippen molar-refractivity contribution in [1.82, 2.24) is 10.9 Å². The third-order valence-corrected chi connectivity index (χ3v) is 4.74. The second kappa shape index (κ2) is 5.58. The van der Waals surface area contributed by atoms with E-state index in [9.17, 15) is 13.2 Å². The Balaban J connectivity index is 1.95. The Morgan fingerprint density at radius 2 is 2.11 bits per heavy atom. The van der Waals surface area contributed by atoms with Crippen LogP contribution in [0.3, 0.4) is 0 Å². The molecule has 104 valence electrons. The zero-order valence-corrected chi connectivity index (χ0v) is 11.4. The first-order valence-corrected chi connectivity index (χ1v) is 7.73. The van der Waals surface area contributed by atoms with Crippen LogP contribution in [0, 0.1) is 0 Å². The lowest BCUT2D eigenvalue weighted by atomic mass is 10.2. The van der Waals surface area contributed by atoms with Gasteiger partial charge in [-0.15, -0.1) is 0 Å². The molecule has 1 aliphatic rings. The van der Waals surface area contributed by atoms with E-state index in [1.165, 1.54) is 7.11 Å². The second-order valence-electron chi connectivity index (χ2n) is 4.40. The van der Waals surface area contributed by atoms with E-state index in [1.54, 1.807) is 24.3 Å².